The summed E-state index contributed by atoms with van der Waals surface area (Å²) in [7, 11) is 0. The second kappa shape index (κ2) is 13.5. The van der Waals surface area contributed by atoms with Crippen molar-refractivity contribution in [3.8, 4) is 33.7 Å². The van der Waals surface area contributed by atoms with E-state index in [4.69, 9.17) is 9.40 Å². The van der Waals surface area contributed by atoms with Gasteiger partial charge in [0.2, 0.25) is 5.89 Å². The van der Waals surface area contributed by atoms with Crippen LogP contribution in [0.2, 0.25) is 0 Å². The molecular weight excluding hydrogens is 657 g/mol. The van der Waals surface area contributed by atoms with Gasteiger partial charge in [0.1, 0.15) is 5.52 Å². The van der Waals surface area contributed by atoms with Gasteiger partial charge in [0, 0.05) is 33.6 Å². The molecule has 0 fully saturated rings. The number of allylic oxidation sites excluding steroid dienone is 1. The van der Waals surface area contributed by atoms with Crippen molar-refractivity contribution < 1.29 is 4.42 Å². The Bertz CT molecular complexity index is 2800. The maximum atomic E-state index is 6.52. The average Bonchev–Trinajstić information content (AvgIpc) is 3.71. The highest BCUT2D eigenvalue weighted by Crippen LogP contribution is 2.42. The number of nitrogens with zero attached hydrogens (tertiary/aromatic N) is 2. The lowest BCUT2D eigenvalue weighted by molar-refractivity contribution is 0.623. The molecule has 0 atom stereocenters. The van der Waals surface area contributed by atoms with Crippen LogP contribution in [0.15, 0.2) is 192 Å². The molecule has 1 aromatic heterocycles. The number of aryl methyl sites for hydroxylation is 1. The summed E-state index contributed by atoms with van der Waals surface area (Å²) >= 11 is 0. The summed E-state index contributed by atoms with van der Waals surface area (Å²) < 4.78 is 6.52. The Balaban J connectivity index is 1.06. The van der Waals surface area contributed by atoms with Crippen molar-refractivity contribution in [2.45, 2.75) is 12.8 Å². The lowest BCUT2D eigenvalue weighted by atomic mass is 9.87. The largest absolute Gasteiger partial charge is 0.435 e. The van der Waals surface area contributed by atoms with Crippen molar-refractivity contribution in [3.63, 3.8) is 0 Å². The third kappa shape index (κ3) is 5.86. The van der Waals surface area contributed by atoms with E-state index in [1.165, 1.54) is 39.0 Å². The molecule has 0 N–H and O–H groups in total. The standard InChI is InChI=1S/C51H36N2O/c1-4-13-35(14-5-1)37-25-28-44(29-26-37)53(45-21-12-20-39(32-45)36-15-6-2-7-16-36)46-30-27-40-31-43(24-23-41(40)33-46)48-34-42-19-10-11-22-47(42)50-49(48)52-51(54-50)38-17-8-3-9-18-38/h1-22,25-34H,23-24H2. The highest BCUT2D eigenvalue weighted by Gasteiger charge is 2.22. The van der Waals surface area contributed by atoms with E-state index in [0.29, 0.717) is 5.89 Å². The molecule has 0 unspecified atom stereocenters. The minimum atomic E-state index is 0.651. The predicted octanol–water partition coefficient (Wildman–Crippen LogP) is 13.9. The van der Waals surface area contributed by atoms with E-state index >= 15 is 0 Å². The third-order valence-corrected chi connectivity index (χ3v) is 10.6. The van der Waals surface area contributed by atoms with E-state index in [1.54, 1.807) is 0 Å². The fourth-order valence-corrected chi connectivity index (χ4v) is 7.85. The Morgan fingerprint density at radius 3 is 1.83 bits per heavy atom. The molecule has 8 aromatic carbocycles. The molecule has 3 heteroatoms. The quantitative estimate of drug-likeness (QED) is 0.166. The Morgan fingerprint density at radius 1 is 0.463 bits per heavy atom. The molecule has 0 saturated heterocycles. The Kier molecular flexibility index (Phi) is 7.96. The first kappa shape index (κ1) is 31.7. The van der Waals surface area contributed by atoms with Gasteiger partial charge in [-0.25, -0.2) is 4.98 Å². The molecule has 0 saturated carbocycles. The van der Waals surface area contributed by atoms with Crippen LogP contribution in [0.25, 0.3) is 67.2 Å². The number of rotatable bonds is 7. The summed E-state index contributed by atoms with van der Waals surface area (Å²) in [4.78, 5) is 7.49. The summed E-state index contributed by atoms with van der Waals surface area (Å²) in [5.74, 6) is 0.651. The number of anilines is 3. The van der Waals surface area contributed by atoms with Crippen molar-refractivity contribution in [2.75, 3.05) is 4.90 Å². The first-order valence-electron chi connectivity index (χ1n) is 18.6. The maximum absolute atomic E-state index is 6.52. The van der Waals surface area contributed by atoms with E-state index in [9.17, 15) is 0 Å². The van der Waals surface area contributed by atoms with Crippen LogP contribution in [0.4, 0.5) is 17.1 Å². The molecule has 3 nitrogen and oxygen atoms in total. The second-order valence-corrected chi connectivity index (χ2v) is 13.9. The molecular formula is C51H36N2O. The maximum Gasteiger partial charge on any atom is 0.227 e. The molecule has 0 spiro atoms. The van der Waals surface area contributed by atoms with Crippen molar-refractivity contribution in [2.24, 2.45) is 0 Å². The number of hydrogen-bond acceptors (Lipinski definition) is 3. The summed E-state index contributed by atoms with van der Waals surface area (Å²) in [6.07, 6.45) is 4.20. The van der Waals surface area contributed by atoms with Gasteiger partial charge in [0.05, 0.1) is 0 Å². The molecule has 10 rings (SSSR count). The Labute approximate surface area is 315 Å². The number of fused-ring (bicyclic) bond motifs is 4. The monoisotopic (exact) mass is 692 g/mol. The smallest absolute Gasteiger partial charge is 0.227 e. The molecule has 1 aliphatic carbocycles. The minimum Gasteiger partial charge on any atom is -0.435 e. The first-order valence-corrected chi connectivity index (χ1v) is 18.6. The van der Waals surface area contributed by atoms with Gasteiger partial charge in [0.25, 0.3) is 0 Å². The SMILES string of the molecule is C1=C(c2cc3ccccc3c3oc(-c4ccccc4)nc23)CCc2cc(N(c3ccc(-c4ccccc4)cc3)c3cccc(-c4ccccc4)c3)ccc21. The van der Waals surface area contributed by atoms with E-state index in [2.05, 4.69) is 181 Å². The Hall–Kier alpha value is -6.97. The summed E-state index contributed by atoms with van der Waals surface area (Å²) in [6, 6.07) is 66.8. The number of oxazole rings is 1. The molecule has 0 amide bonds. The zero-order chi connectivity index (χ0) is 35.8. The van der Waals surface area contributed by atoms with Gasteiger partial charge in [-0.3, -0.25) is 0 Å². The van der Waals surface area contributed by atoms with Crippen LogP contribution < -0.4 is 4.90 Å². The van der Waals surface area contributed by atoms with E-state index < -0.39 is 0 Å². The van der Waals surface area contributed by atoms with Gasteiger partial charge < -0.3 is 9.32 Å². The number of hydrogen-bond donors (Lipinski definition) is 0. The molecule has 0 radical (unpaired) electrons. The number of aromatic nitrogens is 1. The van der Waals surface area contributed by atoms with Gasteiger partial charge >= 0.3 is 0 Å². The minimum absolute atomic E-state index is 0.651. The van der Waals surface area contributed by atoms with Crippen LogP contribution >= 0.6 is 0 Å². The summed E-state index contributed by atoms with van der Waals surface area (Å²) in [6.45, 7) is 0. The van der Waals surface area contributed by atoms with Gasteiger partial charge in [0.15, 0.2) is 5.58 Å². The van der Waals surface area contributed by atoms with E-state index in [-0.39, 0.29) is 0 Å². The van der Waals surface area contributed by atoms with Gasteiger partial charge in [-0.05, 0) is 112 Å². The molecule has 256 valence electrons. The second-order valence-electron chi connectivity index (χ2n) is 13.9. The molecule has 0 bridgehead atoms. The fraction of sp³-hybridized carbons (Fsp3) is 0.0392. The molecule has 1 aliphatic rings. The topological polar surface area (TPSA) is 29.3 Å². The van der Waals surface area contributed by atoms with Gasteiger partial charge in [-0.1, -0.05) is 140 Å². The van der Waals surface area contributed by atoms with Crippen LogP contribution in [0.3, 0.4) is 0 Å². The van der Waals surface area contributed by atoms with Crippen molar-refractivity contribution in [1.29, 1.82) is 0 Å². The third-order valence-electron chi connectivity index (χ3n) is 10.6. The normalized spacial score (nSPS) is 12.4. The predicted molar refractivity (Wildman–Crippen MR) is 225 cm³/mol. The zero-order valence-electron chi connectivity index (χ0n) is 29.7. The molecule has 0 aliphatic heterocycles. The molecule has 9 aromatic rings. The van der Waals surface area contributed by atoms with Crippen LogP contribution in [-0.4, -0.2) is 4.98 Å². The van der Waals surface area contributed by atoms with Crippen molar-refractivity contribution >= 4 is 50.6 Å². The summed E-state index contributed by atoms with van der Waals surface area (Å²) in [5.41, 5.74) is 15.9. The van der Waals surface area contributed by atoms with Crippen LogP contribution in [0.1, 0.15) is 23.1 Å². The zero-order valence-corrected chi connectivity index (χ0v) is 29.7. The van der Waals surface area contributed by atoms with Crippen molar-refractivity contribution in [1.82, 2.24) is 4.98 Å². The van der Waals surface area contributed by atoms with Crippen LogP contribution in [0.5, 0.6) is 0 Å². The average molecular weight is 693 g/mol. The lowest BCUT2D eigenvalue weighted by Gasteiger charge is -2.28. The van der Waals surface area contributed by atoms with E-state index in [1.807, 2.05) is 18.2 Å². The fourth-order valence-electron chi connectivity index (χ4n) is 7.85. The molecule has 54 heavy (non-hydrogen) atoms. The van der Waals surface area contributed by atoms with Crippen LogP contribution in [-0.2, 0) is 6.42 Å². The first-order chi connectivity index (χ1) is 26.7. The lowest BCUT2D eigenvalue weighted by Crippen LogP contribution is -2.11. The van der Waals surface area contributed by atoms with E-state index in [0.717, 1.165) is 62.9 Å². The molecule has 1 heterocycles. The van der Waals surface area contributed by atoms with Crippen molar-refractivity contribution in [3.05, 3.63) is 205 Å². The van der Waals surface area contributed by atoms with Gasteiger partial charge in [-0.2, -0.15) is 0 Å². The Morgan fingerprint density at radius 2 is 1.07 bits per heavy atom. The van der Waals surface area contributed by atoms with Crippen LogP contribution in [0, 0.1) is 0 Å². The highest BCUT2D eigenvalue weighted by atomic mass is 16.3. The summed E-state index contributed by atoms with van der Waals surface area (Å²) in [5, 5.41) is 2.24. The number of benzene rings is 8. The highest BCUT2D eigenvalue weighted by molar-refractivity contribution is 6.09. The van der Waals surface area contributed by atoms with Gasteiger partial charge in [-0.15, -0.1) is 0 Å².